The number of halogens is 1. The molecule has 0 saturated carbocycles. The van der Waals surface area contributed by atoms with Gasteiger partial charge in [0, 0.05) is 38.4 Å². The number of hydrogen-bond donors (Lipinski definition) is 1. The van der Waals surface area contributed by atoms with E-state index in [9.17, 15) is 9.18 Å². The number of nitrogens with one attached hydrogen (secondary N) is 1. The van der Waals surface area contributed by atoms with Crippen LogP contribution in [0.1, 0.15) is 16.7 Å². The van der Waals surface area contributed by atoms with Crippen molar-refractivity contribution in [3.8, 4) is 5.75 Å². The van der Waals surface area contributed by atoms with Crippen LogP contribution in [0, 0.1) is 19.7 Å². The van der Waals surface area contributed by atoms with Crippen LogP contribution < -0.4 is 10.1 Å². The van der Waals surface area contributed by atoms with E-state index in [-0.39, 0.29) is 17.5 Å². The van der Waals surface area contributed by atoms with Gasteiger partial charge in [-0.25, -0.2) is 4.39 Å². The Hall–Kier alpha value is -2.60. The van der Waals surface area contributed by atoms with Crippen molar-refractivity contribution in [1.82, 2.24) is 9.80 Å². The lowest BCUT2D eigenvalue weighted by atomic mass is 10.1. The van der Waals surface area contributed by atoms with Gasteiger partial charge < -0.3 is 15.0 Å². The van der Waals surface area contributed by atoms with Gasteiger partial charge in [-0.05, 0) is 42.7 Å². The van der Waals surface area contributed by atoms with E-state index < -0.39 is 0 Å². The van der Waals surface area contributed by atoms with Crippen molar-refractivity contribution < 1.29 is 13.9 Å². The lowest BCUT2D eigenvalue weighted by Gasteiger charge is -2.35. The first-order valence-electron chi connectivity index (χ1n) is 9.60. The average Bonchev–Trinajstić information content (AvgIpc) is 2.68. The molecule has 1 heterocycles. The van der Waals surface area contributed by atoms with Crippen molar-refractivity contribution >= 4 is 11.6 Å². The molecule has 0 radical (unpaired) electrons. The SMILES string of the molecule is COc1ccc(CN2CCN(C(=O)CNc3c(C)cccc3C)CC2)cc1F. The minimum Gasteiger partial charge on any atom is -0.494 e. The van der Waals surface area contributed by atoms with E-state index in [4.69, 9.17) is 4.74 Å². The minimum atomic E-state index is -0.341. The van der Waals surface area contributed by atoms with Crippen molar-refractivity contribution in [1.29, 1.82) is 0 Å². The second-order valence-corrected chi connectivity index (χ2v) is 7.25. The maximum atomic E-state index is 13.9. The van der Waals surface area contributed by atoms with Crippen LogP contribution in [-0.4, -0.2) is 55.5 Å². The molecule has 0 unspecified atom stereocenters. The van der Waals surface area contributed by atoms with Crippen LogP contribution in [0.3, 0.4) is 0 Å². The summed E-state index contributed by atoms with van der Waals surface area (Å²) >= 11 is 0. The number of methoxy groups -OCH3 is 1. The molecule has 0 spiro atoms. The molecule has 150 valence electrons. The van der Waals surface area contributed by atoms with Crippen LogP contribution in [0.15, 0.2) is 36.4 Å². The topological polar surface area (TPSA) is 44.8 Å². The maximum Gasteiger partial charge on any atom is 0.241 e. The highest BCUT2D eigenvalue weighted by atomic mass is 19.1. The average molecular weight is 385 g/mol. The molecule has 1 fully saturated rings. The predicted octanol–water partition coefficient (Wildman–Crippen LogP) is 3.21. The van der Waals surface area contributed by atoms with E-state index in [1.807, 2.05) is 43.0 Å². The molecule has 0 aromatic heterocycles. The van der Waals surface area contributed by atoms with Gasteiger partial charge >= 0.3 is 0 Å². The van der Waals surface area contributed by atoms with Crippen LogP contribution in [0.5, 0.6) is 5.75 Å². The molecule has 5 nitrogen and oxygen atoms in total. The summed E-state index contributed by atoms with van der Waals surface area (Å²) in [5.41, 5.74) is 4.24. The number of ether oxygens (including phenoxy) is 1. The number of benzene rings is 2. The molecular formula is C22H28FN3O2. The third-order valence-electron chi connectivity index (χ3n) is 5.24. The van der Waals surface area contributed by atoms with E-state index >= 15 is 0 Å². The number of rotatable bonds is 6. The normalized spacial score (nSPS) is 14.8. The molecule has 1 N–H and O–H groups in total. The fourth-order valence-electron chi connectivity index (χ4n) is 3.59. The maximum absolute atomic E-state index is 13.9. The first-order chi connectivity index (χ1) is 13.5. The zero-order chi connectivity index (χ0) is 20.1. The number of aryl methyl sites for hydroxylation is 2. The summed E-state index contributed by atoms with van der Waals surface area (Å²) < 4.78 is 18.8. The molecule has 0 bridgehead atoms. The Kier molecular flexibility index (Phi) is 6.52. The summed E-state index contributed by atoms with van der Waals surface area (Å²) in [5, 5.41) is 3.29. The van der Waals surface area contributed by atoms with E-state index in [1.54, 1.807) is 6.07 Å². The molecular weight excluding hydrogens is 357 g/mol. The number of amides is 1. The van der Waals surface area contributed by atoms with Crippen molar-refractivity contribution in [3.05, 3.63) is 58.9 Å². The smallest absolute Gasteiger partial charge is 0.241 e. The molecule has 1 saturated heterocycles. The van der Waals surface area contributed by atoms with Crippen LogP contribution in [0.25, 0.3) is 0 Å². The van der Waals surface area contributed by atoms with Crippen LogP contribution in [-0.2, 0) is 11.3 Å². The fraction of sp³-hybridized carbons (Fsp3) is 0.409. The van der Waals surface area contributed by atoms with Gasteiger partial charge in [0.05, 0.1) is 13.7 Å². The van der Waals surface area contributed by atoms with Gasteiger partial charge in [-0.3, -0.25) is 9.69 Å². The predicted molar refractivity (Wildman–Crippen MR) is 109 cm³/mol. The molecule has 0 atom stereocenters. The summed E-state index contributed by atoms with van der Waals surface area (Å²) in [6.45, 7) is 7.99. The number of hydrogen-bond acceptors (Lipinski definition) is 4. The van der Waals surface area contributed by atoms with Crippen LogP contribution >= 0.6 is 0 Å². The van der Waals surface area contributed by atoms with Gasteiger partial charge in [-0.2, -0.15) is 0 Å². The lowest BCUT2D eigenvalue weighted by molar-refractivity contribution is -0.131. The monoisotopic (exact) mass is 385 g/mol. The van der Waals surface area contributed by atoms with E-state index in [0.717, 1.165) is 35.5 Å². The number of para-hydroxylation sites is 1. The Balaban J connectivity index is 1.48. The van der Waals surface area contributed by atoms with Crippen molar-refractivity contribution in [2.24, 2.45) is 0 Å². The molecule has 1 aliphatic heterocycles. The Labute approximate surface area is 166 Å². The van der Waals surface area contributed by atoms with Crippen molar-refractivity contribution in [2.45, 2.75) is 20.4 Å². The highest BCUT2D eigenvalue weighted by Gasteiger charge is 2.21. The van der Waals surface area contributed by atoms with Gasteiger partial charge in [0.1, 0.15) is 0 Å². The molecule has 2 aromatic rings. The third kappa shape index (κ3) is 4.81. The third-order valence-corrected chi connectivity index (χ3v) is 5.24. The Bertz CT molecular complexity index is 812. The van der Waals surface area contributed by atoms with Gasteiger partial charge in [0.15, 0.2) is 11.6 Å². The highest BCUT2D eigenvalue weighted by molar-refractivity contribution is 5.81. The molecule has 6 heteroatoms. The second-order valence-electron chi connectivity index (χ2n) is 7.25. The largest absolute Gasteiger partial charge is 0.494 e. The van der Waals surface area contributed by atoms with Crippen LogP contribution in [0.4, 0.5) is 10.1 Å². The molecule has 0 aliphatic carbocycles. The van der Waals surface area contributed by atoms with E-state index in [2.05, 4.69) is 10.2 Å². The van der Waals surface area contributed by atoms with Crippen molar-refractivity contribution in [3.63, 3.8) is 0 Å². The zero-order valence-corrected chi connectivity index (χ0v) is 16.8. The summed E-state index contributed by atoms with van der Waals surface area (Å²) in [4.78, 5) is 16.7. The van der Waals surface area contributed by atoms with Gasteiger partial charge in [-0.1, -0.05) is 24.3 Å². The van der Waals surface area contributed by atoms with Crippen molar-refractivity contribution in [2.75, 3.05) is 45.2 Å². The standard InChI is InChI=1S/C22H28FN3O2/c1-16-5-4-6-17(2)22(16)24-14-21(27)26-11-9-25(10-12-26)15-18-7-8-20(28-3)19(23)13-18/h4-8,13,24H,9-12,14-15H2,1-3H3. The number of carbonyl (C=O) groups is 1. The number of carbonyl (C=O) groups excluding carboxylic acids is 1. The number of piperazine rings is 1. The zero-order valence-electron chi connectivity index (χ0n) is 16.8. The Morgan fingerprint density at radius 2 is 1.79 bits per heavy atom. The number of nitrogens with zero attached hydrogens (tertiary/aromatic N) is 2. The van der Waals surface area contributed by atoms with E-state index in [1.165, 1.54) is 13.2 Å². The van der Waals surface area contributed by atoms with Gasteiger partial charge in [0.25, 0.3) is 0 Å². The van der Waals surface area contributed by atoms with Crippen LogP contribution in [0.2, 0.25) is 0 Å². The van der Waals surface area contributed by atoms with E-state index in [0.29, 0.717) is 26.2 Å². The Morgan fingerprint density at radius 1 is 1.11 bits per heavy atom. The second kappa shape index (κ2) is 9.06. The molecule has 1 aliphatic rings. The Morgan fingerprint density at radius 3 is 2.39 bits per heavy atom. The van der Waals surface area contributed by atoms with Gasteiger partial charge in [-0.15, -0.1) is 0 Å². The molecule has 28 heavy (non-hydrogen) atoms. The lowest BCUT2D eigenvalue weighted by Crippen LogP contribution is -2.49. The molecule has 1 amide bonds. The summed E-state index contributed by atoms with van der Waals surface area (Å²) in [7, 11) is 1.46. The summed E-state index contributed by atoms with van der Waals surface area (Å²) in [5.74, 6) is 0.0275. The minimum absolute atomic E-state index is 0.109. The highest BCUT2D eigenvalue weighted by Crippen LogP contribution is 2.20. The number of anilines is 1. The fourth-order valence-corrected chi connectivity index (χ4v) is 3.59. The molecule has 2 aromatic carbocycles. The first kappa shape index (κ1) is 20.1. The summed E-state index contributed by atoms with van der Waals surface area (Å²) in [6.07, 6.45) is 0. The summed E-state index contributed by atoms with van der Waals surface area (Å²) in [6, 6.07) is 11.2. The van der Waals surface area contributed by atoms with Gasteiger partial charge in [0.2, 0.25) is 5.91 Å². The first-order valence-corrected chi connectivity index (χ1v) is 9.60. The molecule has 3 rings (SSSR count). The quantitative estimate of drug-likeness (QED) is 0.829.